The standard InChI is InChI=1S/C20H21BFN4O3S/c1-12-6-14(8-15(22)7-12)17-11-30-20(24-17)25-19(28)16(10-29-3)23-18(27)13-4-5-26(9-13)21-2/h4-9,11,16H,10H2,1-3H3,(H,23,27)(H,24,25,28). The number of nitrogens with zero attached hydrogens (tertiary/aromatic N) is 2. The lowest BCUT2D eigenvalue weighted by atomic mass is 10.0. The Hall–Kier alpha value is -2.98. The summed E-state index contributed by atoms with van der Waals surface area (Å²) < 4.78 is 20.5. The highest BCUT2D eigenvalue weighted by Crippen LogP contribution is 2.26. The van der Waals surface area contributed by atoms with Crippen molar-refractivity contribution in [3.8, 4) is 11.3 Å². The minimum absolute atomic E-state index is 0.000488. The summed E-state index contributed by atoms with van der Waals surface area (Å²) in [6.45, 7) is 3.64. The fraction of sp³-hybridized carbons (Fsp3) is 0.250. The zero-order valence-electron chi connectivity index (χ0n) is 16.8. The molecule has 1 atom stereocenters. The number of hydrogen-bond donors (Lipinski definition) is 2. The van der Waals surface area contributed by atoms with Gasteiger partial charge in [0.1, 0.15) is 11.9 Å². The first kappa shape index (κ1) is 21.7. The molecule has 1 unspecified atom stereocenters. The Morgan fingerprint density at radius 1 is 1.37 bits per heavy atom. The average Bonchev–Trinajstić information content (AvgIpc) is 3.36. The summed E-state index contributed by atoms with van der Waals surface area (Å²) in [6, 6.07) is 5.40. The van der Waals surface area contributed by atoms with E-state index in [1.807, 2.05) is 12.9 Å². The lowest BCUT2D eigenvalue weighted by Crippen LogP contribution is -2.46. The molecule has 3 rings (SSSR count). The largest absolute Gasteiger partial charge is 0.402 e. The molecule has 2 amide bonds. The van der Waals surface area contributed by atoms with Crippen molar-refractivity contribution in [3.05, 3.63) is 59.0 Å². The van der Waals surface area contributed by atoms with Crippen LogP contribution in [0.15, 0.2) is 42.0 Å². The normalized spacial score (nSPS) is 11.7. The Kier molecular flexibility index (Phi) is 7.01. The predicted molar refractivity (Wildman–Crippen MR) is 115 cm³/mol. The summed E-state index contributed by atoms with van der Waals surface area (Å²) in [5.74, 6) is -1.19. The molecule has 0 spiro atoms. The number of nitrogens with one attached hydrogen (secondary N) is 2. The van der Waals surface area contributed by atoms with Gasteiger partial charge in [-0.15, -0.1) is 11.3 Å². The van der Waals surface area contributed by atoms with Crippen molar-refractivity contribution in [3.63, 3.8) is 0 Å². The van der Waals surface area contributed by atoms with E-state index in [0.717, 1.165) is 5.56 Å². The van der Waals surface area contributed by atoms with Crippen LogP contribution in [0, 0.1) is 12.7 Å². The minimum Gasteiger partial charge on any atom is -0.402 e. The second-order valence-electron chi connectivity index (χ2n) is 6.63. The minimum atomic E-state index is -0.903. The number of carbonyl (C=O) groups excluding carboxylic acids is 2. The first-order valence-corrected chi connectivity index (χ1v) is 10.1. The summed E-state index contributed by atoms with van der Waals surface area (Å²) in [4.78, 5) is 29.5. The number of amides is 2. The number of hydrogen-bond acceptors (Lipinski definition) is 5. The first-order valence-electron chi connectivity index (χ1n) is 9.20. The number of methoxy groups -OCH3 is 1. The van der Waals surface area contributed by atoms with Crippen LogP contribution in [0.4, 0.5) is 9.52 Å². The highest BCUT2D eigenvalue weighted by molar-refractivity contribution is 7.14. The quantitative estimate of drug-likeness (QED) is 0.542. The maximum Gasteiger partial charge on any atom is 0.253 e. The van der Waals surface area contributed by atoms with Gasteiger partial charge in [0, 0.05) is 24.3 Å². The third kappa shape index (κ3) is 5.34. The predicted octanol–water partition coefficient (Wildman–Crippen LogP) is 2.96. The van der Waals surface area contributed by atoms with E-state index < -0.39 is 11.9 Å². The number of thiazole rings is 1. The summed E-state index contributed by atoms with van der Waals surface area (Å²) in [5.41, 5.74) is 2.39. The van der Waals surface area contributed by atoms with Crippen LogP contribution < -0.4 is 10.6 Å². The van der Waals surface area contributed by atoms with Crippen LogP contribution in [0.1, 0.15) is 15.9 Å². The van der Waals surface area contributed by atoms with E-state index in [0.29, 0.717) is 22.0 Å². The van der Waals surface area contributed by atoms with E-state index in [-0.39, 0.29) is 18.3 Å². The molecule has 0 aliphatic heterocycles. The molecule has 0 bridgehead atoms. The smallest absolute Gasteiger partial charge is 0.253 e. The molecule has 0 aliphatic rings. The molecule has 2 heterocycles. The van der Waals surface area contributed by atoms with Gasteiger partial charge in [0.15, 0.2) is 5.13 Å². The Morgan fingerprint density at radius 3 is 2.83 bits per heavy atom. The Morgan fingerprint density at radius 2 is 2.17 bits per heavy atom. The van der Waals surface area contributed by atoms with Crippen molar-refractivity contribution in [2.24, 2.45) is 0 Å². The number of ether oxygens (including phenoxy) is 1. The zero-order chi connectivity index (χ0) is 21.7. The second-order valence-corrected chi connectivity index (χ2v) is 7.49. The lowest BCUT2D eigenvalue weighted by Gasteiger charge is -2.16. The SMILES string of the molecule is C[B]n1ccc(C(=O)NC(COC)C(=O)Nc2nc(-c3cc(C)cc(F)c3)cs2)c1. The number of anilines is 1. The molecule has 155 valence electrons. The highest BCUT2D eigenvalue weighted by atomic mass is 32.1. The van der Waals surface area contributed by atoms with Gasteiger partial charge in [0.05, 0.1) is 17.9 Å². The summed E-state index contributed by atoms with van der Waals surface area (Å²) in [5, 5.41) is 7.44. The van der Waals surface area contributed by atoms with Crippen LogP contribution in [-0.2, 0) is 9.53 Å². The molecule has 10 heteroatoms. The molecule has 30 heavy (non-hydrogen) atoms. The van der Waals surface area contributed by atoms with Crippen LogP contribution >= 0.6 is 11.3 Å². The molecule has 2 aromatic heterocycles. The molecule has 7 nitrogen and oxygen atoms in total. The van der Waals surface area contributed by atoms with Crippen LogP contribution in [0.25, 0.3) is 11.3 Å². The topological polar surface area (TPSA) is 85.2 Å². The first-order chi connectivity index (χ1) is 14.4. The fourth-order valence-electron chi connectivity index (χ4n) is 2.84. The van der Waals surface area contributed by atoms with Crippen molar-refractivity contribution in [2.45, 2.75) is 19.8 Å². The molecular weight excluding hydrogens is 406 g/mol. The van der Waals surface area contributed by atoms with E-state index in [1.165, 1.54) is 30.6 Å². The number of benzene rings is 1. The third-order valence-corrected chi connectivity index (χ3v) is 5.06. The van der Waals surface area contributed by atoms with Gasteiger partial charge in [-0.1, -0.05) is 6.82 Å². The van der Waals surface area contributed by atoms with Crippen LogP contribution in [0.5, 0.6) is 0 Å². The summed E-state index contributed by atoms with van der Waals surface area (Å²) in [6.07, 6.45) is 3.40. The molecule has 2 N–H and O–H groups in total. The van der Waals surface area contributed by atoms with Crippen molar-refractivity contribution >= 4 is 35.7 Å². The maximum atomic E-state index is 13.7. The van der Waals surface area contributed by atoms with Gasteiger partial charge >= 0.3 is 0 Å². The van der Waals surface area contributed by atoms with E-state index in [4.69, 9.17) is 4.74 Å². The van der Waals surface area contributed by atoms with Gasteiger partial charge in [-0.2, -0.15) is 0 Å². The van der Waals surface area contributed by atoms with E-state index >= 15 is 0 Å². The van der Waals surface area contributed by atoms with Crippen LogP contribution in [0.3, 0.4) is 0 Å². The van der Waals surface area contributed by atoms with Crippen molar-refractivity contribution in [1.29, 1.82) is 0 Å². The monoisotopic (exact) mass is 427 g/mol. The van der Waals surface area contributed by atoms with Crippen molar-refractivity contribution < 1.29 is 18.7 Å². The van der Waals surface area contributed by atoms with Gasteiger partial charge in [-0.05, 0) is 42.9 Å². The van der Waals surface area contributed by atoms with Gasteiger partial charge in [-0.3, -0.25) is 9.59 Å². The molecule has 1 radical (unpaired) electrons. The van der Waals surface area contributed by atoms with Crippen molar-refractivity contribution in [2.75, 3.05) is 19.0 Å². The highest BCUT2D eigenvalue weighted by Gasteiger charge is 2.23. The fourth-order valence-corrected chi connectivity index (χ4v) is 3.56. The molecule has 0 aliphatic carbocycles. The number of halogens is 1. The molecule has 0 saturated carbocycles. The second kappa shape index (κ2) is 9.68. The van der Waals surface area contributed by atoms with Gasteiger partial charge in [0.25, 0.3) is 11.8 Å². The lowest BCUT2D eigenvalue weighted by molar-refractivity contribution is -0.119. The van der Waals surface area contributed by atoms with Crippen LogP contribution in [-0.4, -0.2) is 48.4 Å². The Bertz CT molecular complexity index is 1030. The maximum absolute atomic E-state index is 13.7. The molecule has 1 aromatic carbocycles. The Labute approximate surface area is 178 Å². The number of carbonyl (C=O) groups is 2. The van der Waals surface area contributed by atoms with Crippen LogP contribution in [0.2, 0.25) is 6.82 Å². The Balaban J connectivity index is 1.69. The summed E-state index contributed by atoms with van der Waals surface area (Å²) >= 11 is 1.22. The molecular formula is C20H21BFN4O3S. The van der Waals surface area contributed by atoms with Gasteiger partial charge in [-0.25, -0.2) is 9.37 Å². The zero-order valence-corrected chi connectivity index (χ0v) is 17.6. The summed E-state index contributed by atoms with van der Waals surface area (Å²) in [7, 11) is 3.25. The number of aryl methyl sites for hydroxylation is 1. The average molecular weight is 427 g/mol. The number of aromatic nitrogens is 2. The van der Waals surface area contributed by atoms with Gasteiger partial charge < -0.3 is 19.8 Å². The van der Waals surface area contributed by atoms with E-state index in [2.05, 4.69) is 15.6 Å². The van der Waals surface area contributed by atoms with Gasteiger partial charge in [0.2, 0.25) is 7.41 Å². The van der Waals surface area contributed by atoms with Crippen molar-refractivity contribution in [1.82, 2.24) is 14.8 Å². The van der Waals surface area contributed by atoms with E-state index in [9.17, 15) is 14.0 Å². The molecule has 0 fully saturated rings. The molecule has 0 saturated heterocycles. The molecule has 3 aromatic rings. The third-order valence-electron chi connectivity index (χ3n) is 4.30. The number of rotatable bonds is 8. The van der Waals surface area contributed by atoms with E-state index in [1.54, 1.807) is 42.7 Å².